The van der Waals surface area contributed by atoms with E-state index in [0.29, 0.717) is 30.4 Å². The van der Waals surface area contributed by atoms with Crippen LogP contribution in [0.3, 0.4) is 0 Å². The number of benzene rings is 1. The lowest BCUT2D eigenvalue weighted by Crippen LogP contribution is -2.42. The number of rotatable bonds is 7. The van der Waals surface area contributed by atoms with Gasteiger partial charge in [-0.3, -0.25) is 0 Å². The number of aryl methyl sites for hydroxylation is 1. The molecule has 146 valence electrons. The second-order valence-corrected chi connectivity index (χ2v) is 9.10. The van der Waals surface area contributed by atoms with Crippen molar-refractivity contribution in [3.8, 4) is 0 Å². The fourth-order valence-corrected chi connectivity index (χ4v) is 4.53. The molecule has 0 bridgehead atoms. The summed E-state index contributed by atoms with van der Waals surface area (Å²) < 4.78 is 27.0. The van der Waals surface area contributed by atoms with E-state index in [1.807, 2.05) is 32.9 Å². The number of carbonyl (C=O) groups is 1. The molecule has 0 saturated carbocycles. The van der Waals surface area contributed by atoms with E-state index >= 15 is 0 Å². The highest BCUT2D eigenvalue weighted by Crippen LogP contribution is 2.25. The number of hydrogen-bond acceptors (Lipinski definition) is 3. The van der Waals surface area contributed by atoms with E-state index in [1.54, 1.807) is 16.4 Å². The molecule has 0 spiro atoms. The van der Waals surface area contributed by atoms with E-state index in [-0.39, 0.29) is 12.1 Å². The highest BCUT2D eigenvalue weighted by atomic mass is 32.2. The smallest absolute Gasteiger partial charge is 0.314 e. The number of piperidine rings is 1. The molecule has 1 heterocycles. The zero-order valence-electron chi connectivity index (χ0n) is 16.0. The fraction of sp³-hybridized carbons (Fsp3) is 0.632. The summed E-state index contributed by atoms with van der Waals surface area (Å²) in [6.45, 7) is 7.66. The van der Waals surface area contributed by atoms with Crippen LogP contribution < -0.4 is 10.6 Å². The molecule has 2 amide bonds. The Balaban J connectivity index is 1.76. The Labute approximate surface area is 157 Å². The Hall–Kier alpha value is -1.60. The van der Waals surface area contributed by atoms with E-state index in [2.05, 4.69) is 10.6 Å². The quantitative estimate of drug-likeness (QED) is 0.762. The van der Waals surface area contributed by atoms with E-state index in [9.17, 15) is 13.2 Å². The van der Waals surface area contributed by atoms with Gasteiger partial charge in [0.25, 0.3) is 0 Å². The number of hydrogen-bond donors (Lipinski definition) is 2. The number of nitrogens with one attached hydrogen (secondary N) is 2. The summed E-state index contributed by atoms with van der Waals surface area (Å²) in [7, 11) is -3.40. The van der Waals surface area contributed by atoms with Crippen LogP contribution in [0.2, 0.25) is 0 Å². The number of sulfonamides is 1. The van der Waals surface area contributed by atoms with Gasteiger partial charge in [-0.05, 0) is 57.6 Å². The number of amides is 2. The lowest BCUT2D eigenvalue weighted by Gasteiger charge is -2.31. The van der Waals surface area contributed by atoms with E-state index in [0.717, 1.165) is 31.2 Å². The molecule has 0 radical (unpaired) electrons. The maximum Gasteiger partial charge on any atom is 0.314 e. The van der Waals surface area contributed by atoms with Crippen molar-refractivity contribution in [1.29, 1.82) is 0 Å². The fourth-order valence-electron chi connectivity index (χ4n) is 3.06. The average molecular weight is 382 g/mol. The lowest BCUT2D eigenvalue weighted by molar-refractivity contribution is 0.233. The van der Waals surface area contributed by atoms with Gasteiger partial charge in [0.15, 0.2) is 0 Å². The van der Waals surface area contributed by atoms with Gasteiger partial charge in [-0.1, -0.05) is 24.6 Å². The van der Waals surface area contributed by atoms with Crippen LogP contribution in [0.15, 0.2) is 29.2 Å². The normalized spacial score (nSPS) is 17.7. The first-order valence-corrected chi connectivity index (χ1v) is 10.9. The zero-order valence-corrected chi connectivity index (χ0v) is 16.8. The molecule has 1 unspecified atom stereocenters. The van der Waals surface area contributed by atoms with Gasteiger partial charge >= 0.3 is 6.03 Å². The Morgan fingerprint density at radius 2 is 1.85 bits per heavy atom. The topological polar surface area (TPSA) is 78.5 Å². The Bertz CT molecular complexity index is 680. The van der Waals surface area contributed by atoms with Crippen LogP contribution in [0.4, 0.5) is 4.79 Å². The summed E-state index contributed by atoms with van der Waals surface area (Å²) >= 11 is 0. The van der Waals surface area contributed by atoms with Gasteiger partial charge in [-0.15, -0.1) is 0 Å². The van der Waals surface area contributed by atoms with Crippen molar-refractivity contribution in [2.75, 3.05) is 19.6 Å². The molecule has 7 heteroatoms. The molecule has 1 saturated heterocycles. The van der Waals surface area contributed by atoms with Gasteiger partial charge in [0.1, 0.15) is 0 Å². The molecule has 1 aliphatic heterocycles. The summed E-state index contributed by atoms with van der Waals surface area (Å²) in [6.07, 6.45) is 3.45. The highest BCUT2D eigenvalue weighted by molar-refractivity contribution is 7.89. The first kappa shape index (κ1) is 20.7. The van der Waals surface area contributed by atoms with Crippen molar-refractivity contribution in [3.05, 3.63) is 29.8 Å². The van der Waals surface area contributed by atoms with Gasteiger partial charge in [0, 0.05) is 25.7 Å². The molecule has 1 aromatic carbocycles. The molecular weight excluding hydrogens is 350 g/mol. The molecule has 2 N–H and O–H groups in total. The lowest BCUT2D eigenvalue weighted by atomic mass is 9.95. The summed E-state index contributed by atoms with van der Waals surface area (Å²) in [5.41, 5.74) is 1.05. The summed E-state index contributed by atoms with van der Waals surface area (Å²) in [5.74, 6) is 0.448. The average Bonchev–Trinajstić information content (AvgIpc) is 2.62. The Kier molecular flexibility index (Phi) is 7.46. The molecule has 1 aromatic rings. The van der Waals surface area contributed by atoms with Gasteiger partial charge in [0.2, 0.25) is 10.0 Å². The molecule has 1 atom stereocenters. The van der Waals surface area contributed by atoms with Crippen LogP contribution in [0.25, 0.3) is 0 Å². The van der Waals surface area contributed by atoms with Crippen molar-refractivity contribution in [1.82, 2.24) is 14.9 Å². The van der Waals surface area contributed by atoms with Crippen LogP contribution in [0, 0.1) is 12.8 Å². The highest BCUT2D eigenvalue weighted by Gasteiger charge is 2.29. The minimum atomic E-state index is -3.40. The van der Waals surface area contributed by atoms with Crippen LogP contribution in [-0.2, 0) is 10.0 Å². The Morgan fingerprint density at radius 3 is 2.42 bits per heavy atom. The number of carbonyl (C=O) groups excluding carboxylic acids is 1. The molecule has 2 rings (SSSR count). The standard InChI is InChI=1S/C19H31N3O3S/c1-4-16(3)21-19(23)20-12-9-17-10-13-22(14-11-17)26(24,25)18-7-5-15(2)6-8-18/h5-8,16-17H,4,9-14H2,1-3H3,(H2,20,21,23). The van der Waals surface area contributed by atoms with Crippen LogP contribution in [0.1, 0.15) is 45.1 Å². The molecule has 0 aromatic heterocycles. The molecule has 26 heavy (non-hydrogen) atoms. The van der Waals surface area contributed by atoms with Gasteiger partial charge in [0.05, 0.1) is 4.90 Å². The second kappa shape index (κ2) is 9.37. The van der Waals surface area contributed by atoms with E-state index in [1.165, 1.54) is 0 Å². The predicted octanol–water partition coefficient (Wildman–Crippen LogP) is 2.88. The second-order valence-electron chi connectivity index (χ2n) is 7.16. The SMILES string of the molecule is CCC(C)NC(=O)NCCC1CCN(S(=O)(=O)c2ccc(C)cc2)CC1. The van der Waals surface area contributed by atoms with Crippen LogP contribution in [-0.4, -0.2) is 44.4 Å². The molecule has 0 aliphatic carbocycles. The van der Waals surface area contributed by atoms with Crippen LogP contribution in [0.5, 0.6) is 0 Å². The molecule has 1 fully saturated rings. The third kappa shape index (κ3) is 5.71. The molecule has 1 aliphatic rings. The third-order valence-electron chi connectivity index (χ3n) is 5.06. The zero-order chi connectivity index (χ0) is 19.2. The molecular formula is C19H31N3O3S. The van der Waals surface area contributed by atoms with Crippen molar-refractivity contribution >= 4 is 16.1 Å². The maximum absolute atomic E-state index is 12.7. The van der Waals surface area contributed by atoms with Crippen LogP contribution >= 0.6 is 0 Å². The van der Waals surface area contributed by atoms with Gasteiger partial charge in [-0.25, -0.2) is 13.2 Å². The van der Waals surface area contributed by atoms with Crippen molar-refractivity contribution in [2.24, 2.45) is 5.92 Å². The minimum Gasteiger partial charge on any atom is -0.338 e. The van der Waals surface area contributed by atoms with Crippen molar-refractivity contribution < 1.29 is 13.2 Å². The van der Waals surface area contributed by atoms with Gasteiger partial charge < -0.3 is 10.6 Å². The number of nitrogens with zero attached hydrogens (tertiary/aromatic N) is 1. The third-order valence-corrected chi connectivity index (χ3v) is 6.97. The Morgan fingerprint density at radius 1 is 1.23 bits per heavy atom. The monoisotopic (exact) mass is 381 g/mol. The largest absolute Gasteiger partial charge is 0.338 e. The number of urea groups is 1. The first-order chi connectivity index (χ1) is 12.3. The summed E-state index contributed by atoms with van der Waals surface area (Å²) in [4.78, 5) is 12.1. The molecule has 6 nitrogen and oxygen atoms in total. The minimum absolute atomic E-state index is 0.126. The van der Waals surface area contributed by atoms with Gasteiger partial charge in [-0.2, -0.15) is 4.31 Å². The summed E-state index contributed by atoms with van der Waals surface area (Å²) in [5, 5.41) is 5.76. The van der Waals surface area contributed by atoms with E-state index < -0.39 is 10.0 Å². The van der Waals surface area contributed by atoms with Crippen molar-refractivity contribution in [3.63, 3.8) is 0 Å². The predicted molar refractivity (Wildman–Crippen MR) is 104 cm³/mol. The van der Waals surface area contributed by atoms with E-state index in [4.69, 9.17) is 0 Å². The summed E-state index contributed by atoms with van der Waals surface area (Å²) in [6, 6.07) is 7.06. The maximum atomic E-state index is 12.7. The van der Waals surface area contributed by atoms with Crippen molar-refractivity contribution in [2.45, 2.75) is 57.4 Å². The first-order valence-electron chi connectivity index (χ1n) is 9.44.